The fourth-order valence-corrected chi connectivity index (χ4v) is 5.26. The summed E-state index contributed by atoms with van der Waals surface area (Å²) in [6.45, 7) is 4.66. The molecule has 9 heteroatoms. The second-order valence-electron chi connectivity index (χ2n) is 13.2. The maximum absolute atomic E-state index is 12.7. The lowest BCUT2D eigenvalue weighted by molar-refractivity contribution is -0.870. The number of carbonyl (C=O) groups is 1. The SMILES string of the molecule is CCCC/C=C\CCCCCCCC(=O)NC(COP(=O)(O)OCC[N+](C)(C)C)C(O)/C=C/CC/C=C/CC/C=C/CCCCC. The number of nitrogens with one attached hydrogen (secondary N) is 1. The van der Waals surface area contributed by atoms with E-state index in [0.29, 0.717) is 17.4 Å². The molecule has 0 aromatic carbocycles. The third kappa shape index (κ3) is 31.1. The topological polar surface area (TPSA) is 105 Å². The lowest BCUT2D eigenvalue weighted by Gasteiger charge is -2.25. The molecular weight excluding hydrogens is 599 g/mol. The van der Waals surface area contributed by atoms with Crippen LogP contribution < -0.4 is 5.32 Å². The largest absolute Gasteiger partial charge is 0.472 e. The Labute approximate surface area is 282 Å². The summed E-state index contributed by atoms with van der Waals surface area (Å²) in [5, 5.41) is 13.7. The van der Waals surface area contributed by atoms with E-state index < -0.39 is 20.0 Å². The number of hydrogen-bond donors (Lipinski definition) is 3. The number of aliphatic hydroxyl groups excluding tert-OH is 1. The van der Waals surface area contributed by atoms with Gasteiger partial charge in [0, 0.05) is 6.42 Å². The number of likely N-dealkylation sites (N-methyl/N-ethyl adjacent to an activating group) is 1. The van der Waals surface area contributed by atoms with Gasteiger partial charge in [0.25, 0.3) is 0 Å². The van der Waals surface area contributed by atoms with Gasteiger partial charge in [0.15, 0.2) is 0 Å². The Bertz CT molecular complexity index is 897. The molecule has 0 saturated heterocycles. The number of amides is 1. The molecule has 0 radical (unpaired) electrons. The van der Waals surface area contributed by atoms with Gasteiger partial charge >= 0.3 is 7.82 Å². The van der Waals surface area contributed by atoms with E-state index in [9.17, 15) is 19.4 Å². The quantitative estimate of drug-likeness (QED) is 0.0295. The minimum atomic E-state index is -4.34. The molecule has 46 heavy (non-hydrogen) atoms. The van der Waals surface area contributed by atoms with E-state index in [1.165, 1.54) is 32.1 Å². The molecule has 1 amide bonds. The van der Waals surface area contributed by atoms with E-state index in [4.69, 9.17) is 9.05 Å². The Morgan fingerprint density at radius 2 is 1.22 bits per heavy atom. The van der Waals surface area contributed by atoms with E-state index in [1.54, 1.807) is 6.08 Å². The molecule has 8 nitrogen and oxygen atoms in total. The Kier molecular flexibility index (Phi) is 28.6. The first kappa shape index (κ1) is 44.5. The van der Waals surface area contributed by atoms with Crippen LogP contribution in [-0.4, -0.2) is 73.4 Å². The fraction of sp³-hybridized carbons (Fsp3) is 0.757. The molecule has 268 valence electrons. The van der Waals surface area contributed by atoms with Crippen LogP contribution >= 0.6 is 7.82 Å². The minimum absolute atomic E-state index is 0.0503. The van der Waals surface area contributed by atoms with E-state index in [1.807, 2.05) is 27.2 Å². The average molecular weight is 670 g/mol. The number of rotatable bonds is 31. The molecule has 0 aromatic heterocycles. The van der Waals surface area contributed by atoms with Gasteiger partial charge in [0.2, 0.25) is 5.91 Å². The summed E-state index contributed by atoms with van der Waals surface area (Å²) in [5.74, 6) is -0.207. The molecule has 0 saturated carbocycles. The van der Waals surface area contributed by atoms with Crippen molar-refractivity contribution in [2.45, 2.75) is 142 Å². The number of phosphoric acid groups is 1. The number of allylic oxidation sites excluding steroid dienone is 7. The van der Waals surface area contributed by atoms with Crippen molar-refractivity contribution in [1.82, 2.24) is 5.32 Å². The second kappa shape index (κ2) is 29.6. The van der Waals surface area contributed by atoms with Gasteiger partial charge in [-0.25, -0.2) is 4.57 Å². The number of hydrogen-bond acceptors (Lipinski definition) is 5. The van der Waals surface area contributed by atoms with Crippen LogP contribution in [0.4, 0.5) is 0 Å². The first-order chi connectivity index (χ1) is 22.0. The molecule has 0 fully saturated rings. The number of quaternary nitrogens is 1. The fourth-order valence-electron chi connectivity index (χ4n) is 4.52. The molecule has 0 aliphatic rings. The van der Waals surface area contributed by atoms with Crippen molar-refractivity contribution in [2.24, 2.45) is 0 Å². The molecule has 3 atom stereocenters. The molecule has 0 aliphatic carbocycles. The lowest BCUT2D eigenvalue weighted by atomic mass is 10.1. The molecule has 0 aromatic rings. The summed E-state index contributed by atoms with van der Waals surface area (Å²) in [6, 6.07) is -0.870. The standard InChI is InChI=1S/C37H69N2O6P/c1-6-8-10-12-14-16-18-19-21-22-24-26-28-30-36(40)35(34-45-46(42,43)44-33-32-39(3,4)5)38-37(41)31-29-27-25-23-20-17-15-13-11-9-7-2/h13-16,21-22,28,30,35-36,40H,6-12,17-20,23-27,29,31-34H2,1-5H3,(H-,38,41,42,43)/p+1/b15-13-,16-14+,22-21+,30-28+. The van der Waals surface area contributed by atoms with Crippen molar-refractivity contribution < 1.29 is 32.9 Å². The van der Waals surface area contributed by atoms with Crippen molar-refractivity contribution in [3.63, 3.8) is 0 Å². The van der Waals surface area contributed by atoms with Crippen LogP contribution in [0.2, 0.25) is 0 Å². The predicted molar refractivity (Wildman–Crippen MR) is 194 cm³/mol. The number of nitrogens with zero attached hydrogens (tertiary/aromatic N) is 1. The van der Waals surface area contributed by atoms with Gasteiger partial charge < -0.3 is 19.8 Å². The zero-order valence-corrected chi connectivity index (χ0v) is 30.9. The van der Waals surface area contributed by atoms with Crippen LogP contribution in [0.1, 0.15) is 129 Å². The maximum atomic E-state index is 12.7. The van der Waals surface area contributed by atoms with Crippen LogP contribution in [0.5, 0.6) is 0 Å². The zero-order valence-electron chi connectivity index (χ0n) is 30.0. The van der Waals surface area contributed by atoms with Gasteiger partial charge in [0.1, 0.15) is 13.2 Å². The summed E-state index contributed by atoms with van der Waals surface area (Å²) in [5.41, 5.74) is 0. The summed E-state index contributed by atoms with van der Waals surface area (Å²) < 4.78 is 23.4. The lowest BCUT2D eigenvalue weighted by Crippen LogP contribution is -2.45. The maximum Gasteiger partial charge on any atom is 0.472 e. The Morgan fingerprint density at radius 1 is 0.717 bits per heavy atom. The van der Waals surface area contributed by atoms with Gasteiger partial charge in [-0.2, -0.15) is 0 Å². The number of carbonyl (C=O) groups excluding carboxylic acids is 1. The van der Waals surface area contributed by atoms with Gasteiger partial charge in [0.05, 0.1) is 39.9 Å². The van der Waals surface area contributed by atoms with Crippen LogP contribution in [0.3, 0.4) is 0 Å². The number of unbranched alkanes of at least 4 members (excludes halogenated alkanes) is 12. The third-order valence-electron chi connectivity index (χ3n) is 7.50. The van der Waals surface area contributed by atoms with E-state index in [0.717, 1.165) is 77.0 Å². The van der Waals surface area contributed by atoms with Crippen LogP contribution in [-0.2, 0) is 18.4 Å². The third-order valence-corrected chi connectivity index (χ3v) is 8.48. The van der Waals surface area contributed by atoms with E-state index in [-0.39, 0.29) is 19.1 Å². The molecule has 0 heterocycles. The summed E-state index contributed by atoms with van der Waals surface area (Å²) in [6.07, 6.45) is 34.6. The monoisotopic (exact) mass is 669 g/mol. The summed E-state index contributed by atoms with van der Waals surface area (Å²) >= 11 is 0. The first-order valence-corrected chi connectivity index (χ1v) is 19.5. The molecular formula is C37H70N2O6P+. The van der Waals surface area contributed by atoms with Gasteiger partial charge in [-0.05, 0) is 64.2 Å². The molecule has 0 aliphatic heterocycles. The van der Waals surface area contributed by atoms with Crippen molar-refractivity contribution in [3.05, 3.63) is 48.6 Å². The predicted octanol–water partition coefficient (Wildman–Crippen LogP) is 8.96. The van der Waals surface area contributed by atoms with E-state index in [2.05, 4.69) is 55.6 Å². The van der Waals surface area contributed by atoms with Crippen molar-refractivity contribution >= 4 is 13.7 Å². The Balaban J connectivity index is 4.70. The van der Waals surface area contributed by atoms with Crippen molar-refractivity contribution in [3.8, 4) is 0 Å². The van der Waals surface area contributed by atoms with Crippen LogP contribution in [0.25, 0.3) is 0 Å². The normalized spacial score (nSPS) is 15.4. The summed E-state index contributed by atoms with van der Waals surface area (Å²) in [4.78, 5) is 22.9. The zero-order chi connectivity index (χ0) is 34.4. The smallest absolute Gasteiger partial charge is 0.387 e. The molecule has 0 bridgehead atoms. The number of phosphoric ester groups is 1. The van der Waals surface area contributed by atoms with E-state index >= 15 is 0 Å². The molecule has 0 spiro atoms. The number of aliphatic hydroxyl groups is 1. The highest BCUT2D eigenvalue weighted by Crippen LogP contribution is 2.43. The highest BCUT2D eigenvalue weighted by atomic mass is 31.2. The molecule has 3 N–H and O–H groups in total. The first-order valence-electron chi connectivity index (χ1n) is 18.0. The van der Waals surface area contributed by atoms with Crippen molar-refractivity contribution in [1.29, 1.82) is 0 Å². The van der Waals surface area contributed by atoms with Crippen LogP contribution in [0.15, 0.2) is 48.6 Å². The van der Waals surface area contributed by atoms with Gasteiger partial charge in [-0.1, -0.05) is 107 Å². The summed E-state index contributed by atoms with van der Waals surface area (Å²) in [7, 11) is 1.53. The van der Waals surface area contributed by atoms with Crippen molar-refractivity contribution in [2.75, 3.05) is 40.9 Å². The molecule has 0 rings (SSSR count). The second-order valence-corrected chi connectivity index (χ2v) is 14.7. The minimum Gasteiger partial charge on any atom is -0.387 e. The highest BCUT2D eigenvalue weighted by molar-refractivity contribution is 7.47. The molecule has 3 unspecified atom stereocenters. The van der Waals surface area contributed by atoms with Gasteiger partial charge in [-0.3, -0.25) is 13.8 Å². The average Bonchev–Trinajstić information content (AvgIpc) is 2.99. The Hall–Kier alpha value is -1.54. The van der Waals surface area contributed by atoms with Gasteiger partial charge in [-0.15, -0.1) is 0 Å². The highest BCUT2D eigenvalue weighted by Gasteiger charge is 2.27. The van der Waals surface area contributed by atoms with Crippen LogP contribution in [0, 0.1) is 0 Å². The Morgan fingerprint density at radius 3 is 1.80 bits per heavy atom.